The van der Waals surface area contributed by atoms with Crippen molar-refractivity contribution in [3.63, 3.8) is 0 Å². The normalized spacial score (nSPS) is 12.0. The van der Waals surface area contributed by atoms with Crippen LogP contribution in [0.4, 0.5) is 0 Å². The number of hydrogen-bond donors (Lipinski definition) is 1. The molecular weight excluding hydrogens is 254 g/mol. The number of nitrogens with one attached hydrogen (secondary N) is 1. The van der Waals surface area contributed by atoms with E-state index in [-0.39, 0.29) is 5.41 Å². The van der Waals surface area contributed by atoms with Crippen molar-refractivity contribution in [1.29, 1.82) is 0 Å². The molecule has 4 heteroatoms. The molecule has 2 rings (SSSR count). The molecule has 0 amide bonds. The molecule has 0 aliphatic carbocycles. The molecule has 0 aliphatic heterocycles. The van der Waals surface area contributed by atoms with Crippen LogP contribution in [0.5, 0.6) is 0 Å². The second kappa shape index (κ2) is 5.88. The van der Waals surface area contributed by atoms with E-state index in [1.165, 1.54) is 16.3 Å². The van der Waals surface area contributed by atoms with E-state index in [1.54, 1.807) is 11.3 Å². The molecule has 0 atom stereocenters. The third kappa shape index (κ3) is 3.91. The minimum atomic E-state index is 0.141. The Kier molecular flexibility index (Phi) is 4.42. The fraction of sp³-hybridized carbons (Fsp3) is 0.533. The van der Waals surface area contributed by atoms with Gasteiger partial charge in [0.05, 0.1) is 12.2 Å². The molecule has 104 valence electrons. The summed E-state index contributed by atoms with van der Waals surface area (Å²) < 4.78 is 2.21. The van der Waals surface area contributed by atoms with Crippen molar-refractivity contribution >= 4 is 11.3 Å². The van der Waals surface area contributed by atoms with Gasteiger partial charge in [0.2, 0.25) is 0 Å². The van der Waals surface area contributed by atoms with Gasteiger partial charge in [-0.2, -0.15) is 0 Å². The maximum absolute atomic E-state index is 4.73. The Hall–Kier alpha value is -1.13. The minimum Gasteiger partial charge on any atom is -0.347 e. The van der Waals surface area contributed by atoms with E-state index in [2.05, 4.69) is 61.4 Å². The molecule has 0 unspecified atom stereocenters. The highest BCUT2D eigenvalue weighted by Gasteiger charge is 2.17. The summed E-state index contributed by atoms with van der Waals surface area (Å²) in [5, 5.41) is 6.69. The number of nitrogens with zero attached hydrogens (tertiary/aromatic N) is 2. The van der Waals surface area contributed by atoms with E-state index in [4.69, 9.17) is 4.98 Å². The van der Waals surface area contributed by atoms with Crippen molar-refractivity contribution in [2.75, 3.05) is 6.54 Å². The Bertz CT molecular complexity index is 519. The predicted molar refractivity (Wildman–Crippen MR) is 81.7 cm³/mol. The lowest BCUT2D eigenvalue weighted by molar-refractivity contribution is 0.569. The van der Waals surface area contributed by atoms with Gasteiger partial charge in [-0.05, 0) is 18.2 Å². The van der Waals surface area contributed by atoms with Crippen LogP contribution in [-0.2, 0) is 18.5 Å². The van der Waals surface area contributed by atoms with E-state index < -0.39 is 0 Å². The highest BCUT2D eigenvalue weighted by atomic mass is 32.1. The van der Waals surface area contributed by atoms with Crippen LogP contribution in [-0.4, -0.2) is 16.1 Å². The van der Waals surface area contributed by atoms with Gasteiger partial charge in [0.15, 0.2) is 0 Å². The summed E-state index contributed by atoms with van der Waals surface area (Å²) in [7, 11) is 0. The first-order valence-corrected chi connectivity index (χ1v) is 7.67. The summed E-state index contributed by atoms with van der Waals surface area (Å²) in [5.74, 6) is 0. The van der Waals surface area contributed by atoms with Crippen molar-refractivity contribution in [3.05, 3.63) is 40.1 Å². The Morgan fingerprint density at radius 3 is 2.79 bits per heavy atom. The van der Waals surface area contributed by atoms with E-state index in [1.807, 2.05) is 0 Å². The number of thiazole rings is 1. The first kappa shape index (κ1) is 14.3. The molecule has 19 heavy (non-hydrogen) atoms. The van der Waals surface area contributed by atoms with Gasteiger partial charge in [0.1, 0.15) is 5.01 Å². The quantitative estimate of drug-likeness (QED) is 0.908. The van der Waals surface area contributed by atoms with Crippen molar-refractivity contribution in [2.45, 2.75) is 46.2 Å². The molecule has 2 aromatic rings. The zero-order valence-electron chi connectivity index (χ0n) is 12.2. The van der Waals surface area contributed by atoms with E-state index in [0.717, 1.165) is 19.6 Å². The average Bonchev–Trinajstić information content (AvgIpc) is 2.95. The highest BCUT2D eigenvalue weighted by Crippen LogP contribution is 2.24. The Labute approximate surface area is 119 Å². The maximum atomic E-state index is 4.73. The van der Waals surface area contributed by atoms with Crippen LogP contribution in [0.1, 0.15) is 44.0 Å². The Morgan fingerprint density at radius 1 is 1.37 bits per heavy atom. The third-order valence-electron chi connectivity index (χ3n) is 3.03. The lowest BCUT2D eigenvalue weighted by Crippen LogP contribution is -2.12. The van der Waals surface area contributed by atoms with Crippen molar-refractivity contribution in [3.8, 4) is 0 Å². The summed E-state index contributed by atoms with van der Waals surface area (Å²) in [4.78, 5) is 4.73. The lowest BCUT2D eigenvalue weighted by Gasteiger charge is -2.14. The van der Waals surface area contributed by atoms with Crippen LogP contribution in [0.25, 0.3) is 0 Å². The first-order valence-electron chi connectivity index (χ1n) is 6.79. The van der Waals surface area contributed by atoms with Gasteiger partial charge in [-0.3, -0.25) is 0 Å². The summed E-state index contributed by atoms with van der Waals surface area (Å²) in [6.07, 6.45) is 4.33. The standard InChI is InChI=1S/C15H23N3S/c1-5-16-8-12-6-7-18(9-12)10-14-17-13(11-19-14)15(2,3)4/h6-7,9,11,16H,5,8,10H2,1-4H3. The van der Waals surface area contributed by atoms with Gasteiger partial charge >= 0.3 is 0 Å². The SMILES string of the molecule is CCNCc1ccn(Cc2nc(C(C)(C)C)cs2)c1. The lowest BCUT2D eigenvalue weighted by atomic mass is 9.93. The van der Waals surface area contributed by atoms with Crippen LogP contribution < -0.4 is 5.32 Å². The fourth-order valence-corrected chi connectivity index (χ4v) is 2.88. The van der Waals surface area contributed by atoms with Crippen molar-refractivity contribution in [2.24, 2.45) is 0 Å². The second-order valence-corrected chi connectivity index (χ2v) is 6.79. The zero-order valence-corrected chi connectivity index (χ0v) is 13.0. The van der Waals surface area contributed by atoms with E-state index in [9.17, 15) is 0 Å². The topological polar surface area (TPSA) is 29.9 Å². The summed E-state index contributed by atoms with van der Waals surface area (Å²) in [6, 6.07) is 2.17. The Balaban J connectivity index is 2.01. The maximum Gasteiger partial charge on any atom is 0.113 e. The molecule has 0 saturated carbocycles. The van der Waals surface area contributed by atoms with Crippen molar-refractivity contribution in [1.82, 2.24) is 14.9 Å². The van der Waals surface area contributed by atoms with Crippen LogP contribution in [0.15, 0.2) is 23.8 Å². The number of aromatic nitrogens is 2. The van der Waals surface area contributed by atoms with Crippen LogP contribution in [0, 0.1) is 0 Å². The van der Waals surface area contributed by atoms with Gasteiger partial charge in [-0.1, -0.05) is 27.7 Å². The smallest absolute Gasteiger partial charge is 0.113 e. The van der Waals surface area contributed by atoms with Crippen LogP contribution in [0.3, 0.4) is 0 Å². The molecule has 0 spiro atoms. The molecule has 1 N–H and O–H groups in total. The average molecular weight is 277 g/mol. The van der Waals surface area contributed by atoms with Gasteiger partial charge in [0.25, 0.3) is 0 Å². The van der Waals surface area contributed by atoms with E-state index >= 15 is 0 Å². The minimum absolute atomic E-state index is 0.141. The van der Waals surface area contributed by atoms with E-state index in [0.29, 0.717) is 0 Å². The molecule has 0 aliphatic rings. The van der Waals surface area contributed by atoms with Crippen molar-refractivity contribution < 1.29 is 0 Å². The number of hydrogen-bond acceptors (Lipinski definition) is 3. The first-order chi connectivity index (χ1) is 8.99. The molecule has 2 heterocycles. The molecule has 0 saturated heterocycles. The van der Waals surface area contributed by atoms with Crippen LogP contribution >= 0.6 is 11.3 Å². The molecule has 0 aromatic carbocycles. The molecule has 0 radical (unpaired) electrons. The molecular formula is C15H23N3S. The number of rotatable bonds is 5. The Morgan fingerprint density at radius 2 is 2.16 bits per heavy atom. The van der Waals surface area contributed by atoms with Gasteiger partial charge in [-0.25, -0.2) is 4.98 Å². The highest BCUT2D eigenvalue weighted by molar-refractivity contribution is 7.09. The van der Waals surface area contributed by atoms with Gasteiger partial charge in [0, 0.05) is 29.7 Å². The zero-order chi connectivity index (χ0) is 13.9. The summed E-state index contributed by atoms with van der Waals surface area (Å²) in [6.45, 7) is 11.6. The molecule has 0 bridgehead atoms. The summed E-state index contributed by atoms with van der Waals surface area (Å²) in [5.41, 5.74) is 2.66. The monoisotopic (exact) mass is 277 g/mol. The molecule has 3 nitrogen and oxygen atoms in total. The summed E-state index contributed by atoms with van der Waals surface area (Å²) >= 11 is 1.75. The van der Waals surface area contributed by atoms with Gasteiger partial charge < -0.3 is 9.88 Å². The fourth-order valence-electron chi connectivity index (χ4n) is 1.85. The predicted octanol–water partition coefficient (Wildman–Crippen LogP) is 3.40. The van der Waals surface area contributed by atoms with Crippen LogP contribution in [0.2, 0.25) is 0 Å². The third-order valence-corrected chi connectivity index (χ3v) is 3.86. The largest absolute Gasteiger partial charge is 0.347 e. The molecule has 0 fully saturated rings. The second-order valence-electron chi connectivity index (χ2n) is 5.85. The molecule has 2 aromatic heterocycles. The van der Waals surface area contributed by atoms with Gasteiger partial charge in [-0.15, -0.1) is 11.3 Å².